The van der Waals surface area contributed by atoms with Gasteiger partial charge in [0.1, 0.15) is 0 Å². The number of hydrogen-bond acceptors (Lipinski definition) is 5. The minimum absolute atomic E-state index is 0.153. The van der Waals surface area contributed by atoms with Crippen molar-refractivity contribution in [1.82, 2.24) is 15.0 Å². The van der Waals surface area contributed by atoms with E-state index in [9.17, 15) is 5.11 Å². The van der Waals surface area contributed by atoms with Gasteiger partial charge in [0.15, 0.2) is 5.82 Å². The van der Waals surface area contributed by atoms with Gasteiger partial charge in [-0.1, -0.05) is 35.5 Å². The molecule has 2 aliphatic rings. The first-order chi connectivity index (χ1) is 11.7. The van der Waals surface area contributed by atoms with Crippen LogP contribution < -0.4 is 0 Å². The predicted octanol–water partition coefficient (Wildman–Crippen LogP) is 3.45. The Hall–Kier alpha value is -1.72. The fourth-order valence-electron chi connectivity index (χ4n) is 3.63. The molecule has 1 aliphatic heterocycles. The molecule has 0 radical (unpaired) electrons. The van der Waals surface area contributed by atoms with Crippen LogP contribution in [-0.2, 0) is 0 Å². The lowest BCUT2D eigenvalue weighted by Crippen LogP contribution is -2.37. The Morgan fingerprint density at radius 1 is 1.12 bits per heavy atom. The maximum absolute atomic E-state index is 10.6. The van der Waals surface area contributed by atoms with E-state index < -0.39 is 0 Å². The van der Waals surface area contributed by atoms with Gasteiger partial charge in [0.25, 0.3) is 0 Å². The Bertz CT molecular complexity index is 660. The van der Waals surface area contributed by atoms with Crippen molar-refractivity contribution in [2.24, 2.45) is 5.92 Å². The van der Waals surface area contributed by atoms with Gasteiger partial charge in [-0.15, -0.1) is 0 Å². The Morgan fingerprint density at radius 2 is 1.83 bits per heavy atom. The summed E-state index contributed by atoms with van der Waals surface area (Å²) in [6.07, 6.45) is 3.99. The van der Waals surface area contributed by atoms with Gasteiger partial charge >= 0.3 is 0 Å². The minimum Gasteiger partial charge on any atom is -0.388 e. The van der Waals surface area contributed by atoms with Gasteiger partial charge in [-0.2, -0.15) is 4.98 Å². The third-order valence-corrected chi connectivity index (χ3v) is 5.47. The monoisotopic (exact) mass is 327 g/mol. The quantitative estimate of drug-likeness (QED) is 0.911. The summed E-state index contributed by atoms with van der Waals surface area (Å²) in [5.74, 6) is 2.47. The highest BCUT2D eigenvalue weighted by atomic mass is 16.5. The average Bonchev–Trinajstić information content (AvgIpc) is 3.38. The number of aromatic nitrogens is 2. The van der Waals surface area contributed by atoms with Gasteiger partial charge in [0, 0.05) is 5.92 Å². The summed E-state index contributed by atoms with van der Waals surface area (Å²) in [5.41, 5.74) is 1.02. The molecular weight excluding hydrogens is 302 g/mol. The normalized spacial score (nSPS) is 22.4. The van der Waals surface area contributed by atoms with Gasteiger partial charge in [-0.25, -0.2) is 0 Å². The number of likely N-dealkylation sites (tertiary alicyclic amines) is 1. The van der Waals surface area contributed by atoms with E-state index in [0.29, 0.717) is 11.8 Å². The number of aliphatic hydroxyl groups is 1. The van der Waals surface area contributed by atoms with Crippen molar-refractivity contribution in [1.29, 1.82) is 0 Å². The van der Waals surface area contributed by atoms with Crippen molar-refractivity contribution < 1.29 is 9.63 Å². The lowest BCUT2D eigenvalue weighted by atomic mass is 9.87. The van der Waals surface area contributed by atoms with Gasteiger partial charge in [0.2, 0.25) is 5.89 Å². The first-order valence-corrected chi connectivity index (χ1v) is 9.03. The molecule has 1 N–H and O–H groups in total. The largest absolute Gasteiger partial charge is 0.388 e. The maximum Gasteiger partial charge on any atom is 0.243 e. The second kappa shape index (κ2) is 6.65. The van der Waals surface area contributed by atoms with E-state index in [0.717, 1.165) is 43.2 Å². The standard InChI is InChI=1S/C19H25N3O2/c1-13(19-20-18(21-24-19)16-7-8-16)22-11-9-15(10-12-22)17(23)14-5-3-2-4-6-14/h2-6,13,15-17,23H,7-12H2,1H3/t13-,17-/m1/s1. The van der Waals surface area contributed by atoms with Crippen LogP contribution in [0.5, 0.6) is 0 Å². The Labute approximate surface area is 142 Å². The highest BCUT2D eigenvalue weighted by Crippen LogP contribution is 2.39. The summed E-state index contributed by atoms with van der Waals surface area (Å²) in [7, 11) is 0. The lowest BCUT2D eigenvalue weighted by molar-refractivity contribution is 0.0420. The molecule has 2 aromatic rings. The molecule has 0 unspecified atom stereocenters. The summed E-state index contributed by atoms with van der Waals surface area (Å²) < 4.78 is 5.47. The lowest BCUT2D eigenvalue weighted by Gasteiger charge is -2.36. The smallest absolute Gasteiger partial charge is 0.243 e. The first-order valence-electron chi connectivity index (χ1n) is 9.03. The van der Waals surface area contributed by atoms with E-state index >= 15 is 0 Å². The summed E-state index contributed by atoms with van der Waals surface area (Å²) in [4.78, 5) is 6.97. The summed E-state index contributed by atoms with van der Waals surface area (Å²) in [5, 5.41) is 14.7. The van der Waals surface area contributed by atoms with Crippen LogP contribution in [0.1, 0.15) is 67.9 Å². The van der Waals surface area contributed by atoms with Crippen molar-refractivity contribution in [3.05, 3.63) is 47.6 Å². The average molecular weight is 327 g/mol. The van der Waals surface area contributed by atoms with Gasteiger partial charge in [-0.3, -0.25) is 4.90 Å². The van der Waals surface area contributed by atoms with E-state index in [2.05, 4.69) is 22.0 Å². The van der Waals surface area contributed by atoms with Gasteiger partial charge in [-0.05, 0) is 57.2 Å². The molecule has 1 saturated heterocycles. The van der Waals surface area contributed by atoms with Crippen LogP contribution in [0.3, 0.4) is 0 Å². The van der Waals surface area contributed by atoms with Crippen LogP contribution in [-0.4, -0.2) is 33.2 Å². The van der Waals surface area contributed by atoms with Crippen molar-refractivity contribution in [3.63, 3.8) is 0 Å². The number of rotatable bonds is 5. The molecule has 1 aromatic heterocycles. The molecule has 1 saturated carbocycles. The molecule has 0 amide bonds. The van der Waals surface area contributed by atoms with Gasteiger partial charge in [0.05, 0.1) is 12.1 Å². The number of hydrogen-bond donors (Lipinski definition) is 1. The fourth-order valence-corrected chi connectivity index (χ4v) is 3.63. The molecule has 2 heterocycles. The molecule has 0 bridgehead atoms. The van der Waals surface area contributed by atoms with Crippen LogP contribution in [0.2, 0.25) is 0 Å². The second-order valence-corrected chi connectivity index (χ2v) is 7.17. The van der Waals surface area contributed by atoms with Crippen LogP contribution >= 0.6 is 0 Å². The fraction of sp³-hybridized carbons (Fsp3) is 0.579. The molecule has 0 spiro atoms. The van der Waals surface area contributed by atoms with E-state index in [-0.39, 0.29) is 12.1 Å². The molecule has 128 valence electrons. The topological polar surface area (TPSA) is 62.4 Å². The van der Waals surface area contributed by atoms with Crippen LogP contribution in [0.25, 0.3) is 0 Å². The number of nitrogens with zero attached hydrogens (tertiary/aromatic N) is 3. The molecule has 24 heavy (non-hydrogen) atoms. The summed E-state index contributed by atoms with van der Waals surface area (Å²) in [6.45, 7) is 4.05. The summed E-state index contributed by atoms with van der Waals surface area (Å²) in [6, 6.07) is 10.1. The van der Waals surface area contributed by atoms with Crippen LogP contribution in [0.15, 0.2) is 34.9 Å². The Kier molecular flexibility index (Phi) is 4.37. The van der Waals surface area contributed by atoms with E-state index in [4.69, 9.17) is 4.52 Å². The number of piperidine rings is 1. The number of benzene rings is 1. The Balaban J connectivity index is 1.35. The zero-order valence-corrected chi connectivity index (χ0v) is 14.1. The van der Waals surface area contributed by atoms with E-state index in [1.54, 1.807) is 0 Å². The highest BCUT2D eigenvalue weighted by Gasteiger charge is 2.33. The minimum atomic E-state index is -0.367. The van der Waals surface area contributed by atoms with Crippen molar-refractivity contribution in [2.75, 3.05) is 13.1 Å². The maximum atomic E-state index is 10.6. The second-order valence-electron chi connectivity index (χ2n) is 7.17. The third-order valence-electron chi connectivity index (χ3n) is 5.47. The molecule has 2 fully saturated rings. The molecule has 1 aromatic carbocycles. The molecule has 2 atom stereocenters. The van der Waals surface area contributed by atoms with Crippen molar-refractivity contribution in [3.8, 4) is 0 Å². The third kappa shape index (κ3) is 3.23. The number of aliphatic hydroxyl groups excluding tert-OH is 1. The summed E-state index contributed by atoms with van der Waals surface area (Å²) >= 11 is 0. The molecular formula is C19H25N3O2. The van der Waals surface area contributed by atoms with E-state index in [1.165, 1.54) is 12.8 Å². The molecule has 1 aliphatic carbocycles. The highest BCUT2D eigenvalue weighted by molar-refractivity contribution is 5.18. The van der Waals surface area contributed by atoms with Crippen molar-refractivity contribution >= 4 is 0 Å². The zero-order valence-electron chi connectivity index (χ0n) is 14.1. The van der Waals surface area contributed by atoms with Gasteiger partial charge < -0.3 is 9.63 Å². The van der Waals surface area contributed by atoms with E-state index in [1.807, 2.05) is 30.3 Å². The van der Waals surface area contributed by atoms with Crippen molar-refractivity contribution in [2.45, 2.75) is 50.7 Å². The predicted molar refractivity (Wildman–Crippen MR) is 90.4 cm³/mol. The molecule has 5 heteroatoms. The zero-order chi connectivity index (χ0) is 16.5. The van der Waals surface area contributed by atoms with Crippen LogP contribution in [0, 0.1) is 5.92 Å². The first kappa shape index (κ1) is 15.8. The SMILES string of the molecule is C[C@H](c1nc(C2CC2)no1)N1CCC([C@H](O)c2ccccc2)CC1. The molecule has 5 nitrogen and oxygen atoms in total. The molecule has 4 rings (SSSR count). The Morgan fingerprint density at radius 3 is 2.50 bits per heavy atom. The van der Waals surface area contributed by atoms with Crippen LogP contribution in [0.4, 0.5) is 0 Å².